The molecule has 0 aliphatic carbocycles. The van der Waals surface area contributed by atoms with Gasteiger partial charge in [0.05, 0.1) is 39.6 Å². The lowest BCUT2D eigenvalue weighted by Crippen LogP contribution is -2.42. The normalized spacial score (nSPS) is 11.9. The topological polar surface area (TPSA) is 282 Å². The highest BCUT2D eigenvalue weighted by atomic mass is 16.5. The number of hydrogen-bond acceptors (Lipinski definition) is 12. The second kappa shape index (κ2) is 39.0. The van der Waals surface area contributed by atoms with E-state index in [0.29, 0.717) is 6.42 Å². The van der Waals surface area contributed by atoms with Gasteiger partial charge in [-0.2, -0.15) is 0 Å². The van der Waals surface area contributed by atoms with Crippen LogP contribution in [0, 0.1) is 0 Å². The number of carboxylic acids is 3. The second-order valence-electron chi connectivity index (χ2n) is 14.6. The molecule has 0 saturated heterocycles. The van der Waals surface area contributed by atoms with Gasteiger partial charge in [-0.05, 0) is 32.6 Å². The molecule has 346 valence electrons. The Labute approximate surface area is 354 Å². The summed E-state index contributed by atoms with van der Waals surface area (Å²) in [4.78, 5) is 92.6. The molecule has 0 aromatic heterocycles. The summed E-state index contributed by atoms with van der Waals surface area (Å²) in [7, 11) is 0. The highest BCUT2D eigenvalue weighted by molar-refractivity contribution is 5.85. The number of ketones is 1. The maximum Gasteiger partial charge on any atom is 0.326 e. The molecule has 0 spiro atoms. The molecular formula is C41H72N4O15. The molecule has 0 aromatic carbocycles. The lowest BCUT2D eigenvalue weighted by atomic mass is 10.0. The van der Waals surface area contributed by atoms with Crippen LogP contribution in [0.4, 0.5) is 0 Å². The predicted molar refractivity (Wildman–Crippen MR) is 219 cm³/mol. The summed E-state index contributed by atoms with van der Waals surface area (Å²) in [5, 5.41) is 37.3. The van der Waals surface area contributed by atoms with Crippen LogP contribution in [0.2, 0.25) is 0 Å². The van der Waals surface area contributed by atoms with Crippen molar-refractivity contribution in [3.63, 3.8) is 0 Å². The van der Waals surface area contributed by atoms with Gasteiger partial charge in [-0.25, -0.2) is 9.59 Å². The van der Waals surface area contributed by atoms with E-state index in [2.05, 4.69) is 21.3 Å². The number of Topliss-reactive ketones (excluding diaryl/α,β-unsaturated/α-hetero) is 1. The first-order valence-corrected chi connectivity index (χ1v) is 21.4. The summed E-state index contributed by atoms with van der Waals surface area (Å²) in [5.74, 6) is -5.04. The van der Waals surface area contributed by atoms with Crippen molar-refractivity contribution in [3.8, 4) is 0 Å². The lowest BCUT2D eigenvalue weighted by molar-refractivity contribution is -0.143. The Balaban J connectivity index is 3.72. The fraction of sp³-hybridized carbons (Fsp3) is 0.805. The number of carbonyl (C=O) groups excluding carboxylic acids is 5. The van der Waals surface area contributed by atoms with E-state index in [4.69, 9.17) is 29.2 Å². The van der Waals surface area contributed by atoms with Gasteiger partial charge in [-0.1, -0.05) is 77.0 Å². The van der Waals surface area contributed by atoms with Crippen molar-refractivity contribution in [2.45, 2.75) is 147 Å². The van der Waals surface area contributed by atoms with Gasteiger partial charge in [0.1, 0.15) is 31.1 Å². The lowest BCUT2D eigenvalue weighted by Gasteiger charge is -2.14. The highest BCUT2D eigenvalue weighted by Crippen LogP contribution is 2.14. The van der Waals surface area contributed by atoms with Crippen LogP contribution in [0.1, 0.15) is 135 Å². The number of carbonyl (C=O) groups is 8. The number of unbranched alkanes of at least 4 members (excludes halogenated alkanes) is 13. The molecule has 0 rings (SSSR count). The number of hydrogen-bond donors (Lipinski definition) is 7. The van der Waals surface area contributed by atoms with E-state index in [9.17, 15) is 43.5 Å². The van der Waals surface area contributed by atoms with Crippen LogP contribution in [0.15, 0.2) is 0 Å². The monoisotopic (exact) mass is 860 g/mol. The Kier molecular flexibility index (Phi) is 36.2. The predicted octanol–water partition coefficient (Wildman–Crippen LogP) is 2.90. The zero-order chi connectivity index (χ0) is 44.6. The Bertz CT molecular complexity index is 1240. The number of carboxylic acid groups (broad SMARTS) is 3. The first kappa shape index (κ1) is 55.8. The summed E-state index contributed by atoms with van der Waals surface area (Å²) in [6.45, 7) is 2.03. The smallest absolute Gasteiger partial charge is 0.326 e. The molecule has 0 aliphatic heterocycles. The molecule has 19 nitrogen and oxygen atoms in total. The first-order valence-electron chi connectivity index (χ1n) is 21.4. The zero-order valence-corrected chi connectivity index (χ0v) is 35.6. The number of ether oxygens (including phenoxy) is 4. The van der Waals surface area contributed by atoms with Gasteiger partial charge in [0.25, 0.3) is 0 Å². The van der Waals surface area contributed by atoms with Gasteiger partial charge in [0.15, 0.2) is 0 Å². The Morgan fingerprint density at radius 1 is 0.417 bits per heavy atom. The van der Waals surface area contributed by atoms with Crippen molar-refractivity contribution in [2.24, 2.45) is 0 Å². The second-order valence-corrected chi connectivity index (χ2v) is 14.6. The van der Waals surface area contributed by atoms with E-state index in [1.165, 1.54) is 45.4 Å². The molecule has 4 amide bonds. The summed E-state index contributed by atoms with van der Waals surface area (Å²) in [6.07, 6.45) is 15.4. The first-order chi connectivity index (χ1) is 28.8. The van der Waals surface area contributed by atoms with Crippen LogP contribution in [-0.4, -0.2) is 141 Å². The largest absolute Gasteiger partial charge is 0.481 e. The quantitative estimate of drug-likeness (QED) is 0.0434. The average molecular weight is 861 g/mol. The molecule has 7 N–H and O–H groups in total. The Morgan fingerprint density at radius 2 is 0.800 bits per heavy atom. The van der Waals surface area contributed by atoms with E-state index in [-0.39, 0.29) is 128 Å². The van der Waals surface area contributed by atoms with Gasteiger partial charge < -0.3 is 60.3 Å². The number of amides is 4. The molecule has 0 heterocycles. The third kappa shape index (κ3) is 38.0. The maximum absolute atomic E-state index is 12.3. The van der Waals surface area contributed by atoms with E-state index in [1.54, 1.807) is 0 Å². The van der Waals surface area contributed by atoms with E-state index < -0.39 is 35.9 Å². The molecule has 2 atom stereocenters. The average Bonchev–Trinajstić information content (AvgIpc) is 3.19. The maximum atomic E-state index is 12.3. The van der Waals surface area contributed by atoms with Gasteiger partial charge in [-0.3, -0.25) is 24.0 Å². The number of aliphatic carboxylic acids is 3. The number of nitrogens with one attached hydrogen (secondary N) is 4. The molecule has 2 unspecified atom stereocenters. The van der Waals surface area contributed by atoms with Gasteiger partial charge >= 0.3 is 17.9 Å². The minimum Gasteiger partial charge on any atom is -0.481 e. The summed E-state index contributed by atoms with van der Waals surface area (Å²) < 4.78 is 21.1. The molecule has 0 saturated carbocycles. The minimum absolute atomic E-state index is 0.00865. The van der Waals surface area contributed by atoms with Crippen LogP contribution in [0.25, 0.3) is 0 Å². The number of rotatable bonds is 43. The van der Waals surface area contributed by atoms with Crippen molar-refractivity contribution in [3.05, 3.63) is 0 Å². The van der Waals surface area contributed by atoms with Gasteiger partial charge in [-0.15, -0.1) is 0 Å². The standard InChI is InChI=1S/C41H72N4O15/c1-32(46)18-19-33(40(53)54)45-38(50)31-60-29-27-58-25-23-43-37(49)30-59-28-26-57-24-22-42-35(47)21-20-34(41(55)56)44-36(48)16-14-12-10-8-6-4-2-3-5-7-9-11-13-15-17-39(51)52/h33-34H,2-31H2,1H3,(H,42,47)(H,43,49)(H,44,48)(H,45,50)(H,51,52)(H,53,54)(H,55,56). The van der Waals surface area contributed by atoms with Crippen molar-refractivity contribution < 1.29 is 72.6 Å². The molecule has 0 bridgehead atoms. The molecule has 0 radical (unpaired) electrons. The van der Waals surface area contributed by atoms with Gasteiger partial charge in [0, 0.05) is 38.8 Å². The molecule has 0 fully saturated rings. The van der Waals surface area contributed by atoms with Gasteiger partial charge in [0.2, 0.25) is 23.6 Å². The highest BCUT2D eigenvalue weighted by Gasteiger charge is 2.21. The van der Waals surface area contributed by atoms with Crippen LogP contribution >= 0.6 is 0 Å². The zero-order valence-electron chi connectivity index (χ0n) is 35.6. The SMILES string of the molecule is CC(=O)CCC(NC(=O)COCCOCCNC(=O)COCCOCCNC(=O)CCC(NC(=O)CCCCCCCCCCCCCCCCC(=O)O)C(=O)O)C(=O)O. The van der Waals surface area contributed by atoms with Crippen molar-refractivity contribution in [2.75, 3.05) is 65.9 Å². The summed E-state index contributed by atoms with van der Waals surface area (Å²) >= 11 is 0. The van der Waals surface area contributed by atoms with Crippen LogP contribution in [-0.2, 0) is 57.3 Å². The summed E-state index contributed by atoms with van der Waals surface area (Å²) in [6, 6.07) is -2.33. The van der Waals surface area contributed by atoms with Crippen LogP contribution < -0.4 is 21.3 Å². The molecule has 60 heavy (non-hydrogen) atoms. The molecular weight excluding hydrogens is 788 g/mol. The third-order valence-corrected chi connectivity index (χ3v) is 9.10. The van der Waals surface area contributed by atoms with E-state index in [0.717, 1.165) is 44.9 Å². The van der Waals surface area contributed by atoms with Crippen molar-refractivity contribution in [1.82, 2.24) is 21.3 Å². The fourth-order valence-electron chi connectivity index (χ4n) is 5.76. The molecule has 0 aliphatic rings. The Morgan fingerprint density at radius 3 is 1.25 bits per heavy atom. The van der Waals surface area contributed by atoms with Crippen LogP contribution in [0.5, 0.6) is 0 Å². The Hall–Kier alpha value is -4.20. The summed E-state index contributed by atoms with van der Waals surface area (Å²) in [5.41, 5.74) is 0. The third-order valence-electron chi connectivity index (χ3n) is 9.10. The van der Waals surface area contributed by atoms with Crippen LogP contribution in [0.3, 0.4) is 0 Å². The van der Waals surface area contributed by atoms with E-state index >= 15 is 0 Å². The minimum atomic E-state index is -1.24. The fourth-order valence-corrected chi connectivity index (χ4v) is 5.76. The van der Waals surface area contributed by atoms with Crippen molar-refractivity contribution in [1.29, 1.82) is 0 Å². The molecule has 0 aromatic rings. The molecule has 19 heteroatoms. The van der Waals surface area contributed by atoms with E-state index in [1.807, 2.05) is 0 Å². The van der Waals surface area contributed by atoms with Crippen molar-refractivity contribution >= 4 is 47.3 Å².